The summed E-state index contributed by atoms with van der Waals surface area (Å²) in [6.07, 6.45) is 0.701. The topological polar surface area (TPSA) is 224 Å². The molecule has 2 aliphatic rings. The third kappa shape index (κ3) is 16.8. The van der Waals surface area contributed by atoms with Crippen molar-refractivity contribution in [1.82, 2.24) is 30.6 Å². The van der Waals surface area contributed by atoms with Gasteiger partial charge in [-0.15, -0.1) is 0 Å². The molecule has 0 bridgehead atoms. The first kappa shape index (κ1) is 49.6. The van der Waals surface area contributed by atoms with E-state index in [9.17, 15) is 16.8 Å². The smallest absolute Gasteiger partial charge is 0.229 e. The third-order valence-corrected chi connectivity index (χ3v) is 17.0. The van der Waals surface area contributed by atoms with Crippen molar-refractivity contribution in [3.63, 3.8) is 0 Å². The monoisotopic (exact) mass is 1180 g/mol. The lowest BCUT2D eigenvalue weighted by molar-refractivity contribution is 0.243. The number of hydrogen-bond donors (Lipinski definition) is 6. The largest absolute Gasteiger partial charge is 0.489 e. The molecule has 4 heterocycles. The lowest BCUT2D eigenvalue weighted by atomic mass is 9.87. The van der Waals surface area contributed by atoms with Crippen LogP contribution in [-0.2, 0) is 19.7 Å². The highest BCUT2D eigenvalue weighted by atomic mass is 35.5. The van der Waals surface area contributed by atoms with Gasteiger partial charge in [-0.3, -0.25) is 0 Å². The van der Waals surface area contributed by atoms with Crippen LogP contribution in [0.4, 0.5) is 40.3 Å². The van der Waals surface area contributed by atoms with E-state index in [0.29, 0.717) is 34.1 Å². The van der Waals surface area contributed by atoms with Crippen LogP contribution in [-0.4, -0.2) is 85.4 Å². The summed E-state index contributed by atoms with van der Waals surface area (Å²) in [5.41, 5.74) is 10.7. The second-order valence-electron chi connectivity index (χ2n) is 18.9. The molecule has 78 heavy (non-hydrogen) atoms. The van der Waals surface area contributed by atoms with E-state index in [1.54, 1.807) is 116 Å². The first-order chi connectivity index (χ1) is 39.9. The normalized spacial score (nSPS) is 19.0. The maximum atomic E-state index is 12.9. The number of nitrogen functional groups attached to an aromatic ring is 1. The first-order valence-corrected chi connectivity index (χ1v) is 28.8. The molecule has 0 atom stereocenters. The number of benzene rings is 4. The molecule has 0 radical (unpaired) electrons. The number of aryl methyl sites for hydroxylation is 2. The van der Waals surface area contributed by atoms with E-state index in [2.05, 4.69) is 46.5 Å². The second-order valence-corrected chi connectivity index (χ2v) is 25.0. The van der Waals surface area contributed by atoms with Crippen molar-refractivity contribution in [3.8, 4) is 11.5 Å². The molecule has 6 aromatic rings. The van der Waals surface area contributed by atoms with E-state index < -0.39 is 74.2 Å². The number of para-hydroxylation sites is 2. The lowest BCUT2D eigenvalue weighted by Crippen LogP contribution is -2.27. The van der Waals surface area contributed by atoms with Gasteiger partial charge in [-0.2, -0.15) is 9.97 Å². The molecule has 16 nitrogen and oxygen atoms in total. The summed E-state index contributed by atoms with van der Waals surface area (Å²) in [6, 6.07) is 20.0. The summed E-state index contributed by atoms with van der Waals surface area (Å²) >= 11 is 18.1. The number of nitrogens with two attached hydrogens (primary N) is 1. The molecule has 2 fully saturated rings. The Hall–Kier alpha value is -5.47. The molecule has 21 heteroatoms. The van der Waals surface area contributed by atoms with E-state index in [1.807, 2.05) is 13.8 Å². The minimum Gasteiger partial charge on any atom is -0.489 e. The average molecular weight is 1180 g/mol. The number of nitrogens with one attached hydrogen (secondary N) is 5. The van der Waals surface area contributed by atoms with Gasteiger partial charge in [0.1, 0.15) is 21.5 Å². The molecule has 2 saturated heterocycles. The Labute approximate surface area is 491 Å². The lowest BCUT2D eigenvalue weighted by Gasteiger charge is -2.26. The SMILES string of the molecule is C.CC(C)S(=O)(=O)c1ccccc1Nc1nc(Cl)ncc1Cl.[2H]C1([2H])CC(c2cc(OC([2H])(C)C)c(N)cc2C)CC([2H])([2H])N1.[2H]C1([2H])CC(c2cc(OC([2H])(C)C)c(Nc3ncc(Cl)c(Nc4ccccc4S(=O)(=O)C(C)C)n3)cc2C)CC([2H])([2H])N1. The Morgan fingerprint density at radius 2 is 1.04 bits per heavy atom. The second kappa shape index (κ2) is 28.6. The predicted molar refractivity (Wildman–Crippen MR) is 321 cm³/mol. The summed E-state index contributed by atoms with van der Waals surface area (Å²) < 4.78 is 143. The molecular weight excluding hydrogens is 1090 g/mol. The van der Waals surface area contributed by atoms with Crippen molar-refractivity contribution >= 4 is 94.8 Å². The molecule has 0 spiro atoms. The van der Waals surface area contributed by atoms with Crippen LogP contribution < -0.4 is 41.8 Å². The Morgan fingerprint density at radius 3 is 1.51 bits per heavy atom. The van der Waals surface area contributed by atoms with Crippen LogP contribution in [0.2, 0.25) is 15.3 Å². The highest BCUT2D eigenvalue weighted by molar-refractivity contribution is 7.92. The molecule has 0 saturated carbocycles. The summed E-state index contributed by atoms with van der Waals surface area (Å²) in [7, 11) is -7.04. The average Bonchev–Trinajstić information content (AvgIpc) is 1.15. The van der Waals surface area contributed by atoms with Crippen molar-refractivity contribution in [2.24, 2.45) is 0 Å². The zero-order chi connectivity index (χ0) is 65.2. The summed E-state index contributed by atoms with van der Waals surface area (Å²) in [5.74, 6) is 0.459. The number of halogens is 3. The van der Waals surface area contributed by atoms with Crippen LogP contribution in [0, 0.1) is 13.8 Å². The zero-order valence-electron chi connectivity index (χ0n) is 54.5. The van der Waals surface area contributed by atoms with Crippen LogP contribution in [0.3, 0.4) is 0 Å². The number of aromatic nitrogens is 4. The van der Waals surface area contributed by atoms with Gasteiger partial charge in [0.15, 0.2) is 31.3 Å². The van der Waals surface area contributed by atoms with Gasteiger partial charge in [0.05, 0.1) is 70.3 Å². The molecule has 424 valence electrons. The highest BCUT2D eigenvalue weighted by Gasteiger charge is 2.26. The van der Waals surface area contributed by atoms with E-state index in [4.69, 9.17) is 63.7 Å². The summed E-state index contributed by atoms with van der Waals surface area (Å²) in [5, 5.41) is 13.1. The van der Waals surface area contributed by atoms with Crippen molar-refractivity contribution in [2.75, 3.05) is 47.7 Å². The fourth-order valence-electron chi connectivity index (χ4n) is 7.89. The van der Waals surface area contributed by atoms with Gasteiger partial charge in [0.2, 0.25) is 11.2 Å². The van der Waals surface area contributed by atoms with Crippen molar-refractivity contribution in [1.29, 1.82) is 0 Å². The molecule has 2 aliphatic heterocycles. The quantitative estimate of drug-likeness (QED) is 0.0391. The molecule has 0 aliphatic carbocycles. The number of ether oxygens (including phenoxy) is 2. The van der Waals surface area contributed by atoms with Crippen molar-refractivity contribution in [2.45, 2.75) is 147 Å². The summed E-state index contributed by atoms with van der Waals surface area (Å²) in [6.45, 7) is 9.15. The summed E-state index contributed by atoms with van der Waals surface area (Å²) in [4.78, 5) is 16.7. The Morgan fingerprint density at radius 1 is 0.615 bits per heavy atom. The van der Waals surface area contributed by atoms with Gasteiger partial charge in [0, 0.05) is 11.0 Å². The first-order valence-electron chi connectivity index (χ1n) is 29.6. The fraction of sp³-hybridized carbons (Fsp3) is 0.439. The predicted octanol–water partition coefficient (Wildman–Crippen LogP) is 13.5. The maximum Gasteiger partial charge on any atom is 0.229 e. The molecule has 4 aromatic carbocycles. The number of anilines is 7. The Balaban J connectivity index is 0.000000264. The van der Waals surface area contributed by atoms with E-state index in [-0.39, 0.29) is 87.5 Å². The number of hydrogen-bond acceptors (Lipinski definition) is 16. The fourth-order valence-corrected chi connectivity index (χ4v) is 10.7. The van der Waals surface area contributed by atoms with Crippen molar-refractivity contribution < 1.29 is 40.0 Å². The van der Waals surface area contributed by atoms with E-state index in [1.165, 1.54) is 24.5 Å². The van der Waals surface area contributed by atoms with Gasteiger partial charge in [-0.05, 0) is 215 Å². The molecule has 0 unspecified atom stereocenters. The molecule has 8 rings (SSSR count). The van der Waals surface area contributed by atoms with Gasteiger partial charge < -0.3 is 41.8 Å². The standard InChI is InChI=1S/C28H36ClN5O3S.C15H24N2O.C13H13Cl2N3O2S.CH4/c1-17(2)37-25-15-21(20-10-12-30-13-11-20)19(5)14-24(25)33-28-31-16-22(29)27(34-28)32-23-8-6-7-9-26(23)38(35,36)18(3)4;1-10(2)18-15-9-13(11(3)8-14(15)16)12-4-6-17-7-5-12;1-8(2)21(19,20)11-6-4-3-5-10(11)17-12-9(14)7-16-13(15)18-12;/h6-9,14-18,20,30H,10-13H2,1-5H3,(H2,31,32,33,34);8-10,12,17H,4-7,16H2,1-3H3;3-8H,1-2H3,(H,16,17,18);1H4/i12D2,13D2,17D;6D2,7D2,10D;;. The van der Waals surface area contributed by atoms with Crippen LogP contribution >= 0.6 is 34.8 Å². The molecule has 0 amide bonds. The maximum absolute atomic E-state index is 12.9. The minimum atomic E-state index is -3.60. The van der Waals surface area contributed by atoms with E-state index >= 15 is 0 Å². The van der Waals surface area contributed by atoms with Crippen molar-refractivity contribution in [3.05, 3.63) is 123 Å². The number of piperidine rings is 2. The van der Waals surface area contributed by atoms with Crippen LogP contribution in [0.25, 0.3) is 0 Å². The van der Waals surface area contributed by atoms with Gasteiger partial charge >= 0.3 is 0 Å². The third-order valence-electron chi connectivity index (χ3n) is 11.9. The zero-order valence-corrected chi connectivity index (χ0v) is 48.4. The molecular formula is C57H77Cl3N10O6S2. The molecule has 2 aromatic heterocycles. The van der Waals surface area contributed by atoms with E-state index in [0.717, 1.165) is 16.7 Å². The number of nitrogens with zero attached hydrogens (tertiary/aromatic N) is 4. The van der Waals surface area contributed by atoms with Gasteiger partial charge in [-0.1, -0.05) is 54.9 Å². The number of rotatable bonds is 16. The van der Waals surface area contributed by atoms with Crippen LogP contribution in [0.5, 0.6) is 11.5 Å². The highest BCUT2D eigenvalue weighted by Crippen LogP contribution is 2.39. The van der Waals surface area contributed by atoms with Gasteiger partial charge in [-0.25, -0.2) is 26.8 Å². The molecule has 7 N–H and O–H groups in total. The Kier molecular flexibility index (Phi) is 18.2. The number of sulfone groups is 2. The van der Waals surface area contributed by atoms with Gasteiger partial charge in [0.25, 0.3) is 0 Å². The minimum absolute atomic E-state index is 0. The van der Waals surface area contributed by atoms with Crippen LogP contribution in [0.1, 0.15) is 136 Å². The Bertz CT molecular complexity index is 3670. The van der Waals surface area contributed by atoms with Crippen LogP contribution in [0.15, 0.2) is 95.0 Å².